The highest BCUT2D eigenvalue weighted by Crippen LogP contribution is 2.25. The Hall–Kier alpha value is -2.51. The maximum absolute atomic E-state index is 13.9. The van der Waals surface area contributed by atoms with Crippen LogP contribution in [0.15, 0.2) is 36.8 Å². The van der Waals surface area contributed by atoms with E-state index in [-0.39, 0.29) is 5.82 Å². The van der Waals surface area contributed by atoms with Crippen LogP contribution in [0.2, 0.25) is 0 Å². The molecule has 0 amide bonds. The van der Waals surface area contributed by atoms with Crippen LogP contribution < -0.4 is 11.1 Å². The molecular formula is C19H23FN6. The van der Waals surface area contributed by atoms with Crippen LogP contribution in [0.1, 0.15) is 24.0 Å². The second kappa shape index (κ2) is 7.01. The van der Waals surface area contributed by atoms with Gasteiger partial charge in [-0.25, -0.2) is 13.9 Å². The lowest BCUT2D eigenvalue weighted by Crippen LogP contribution is -2.39. The molecular weight excluding hydrogens is 331 g/mol. The first kappa shape index (κ1) is 16.9. The van der Waals surface area contributed by atoms with Crippen LogP contribution in [0.5, 0.6) is 0 Å². The standard InChI is InChI=1S/C19H23FN6/c1-13-2-3-16(10-17(13)20)24-19-18-14(4-9-26(18)23-12-22-19)11-25-7-5-15(21)6-8-25/h2-4,9-10,12,15H,5-8,11,21H2,1H3,(H,22,23,24). The predicted molar refractivity (Wildman–Crippen MR) is 99.9 cm³/mol. The maximum atomic E-state index is 13.9. The fourth-order valence-electron chi connectivity index (χ4n) is 3.40. The lowest BCUT2D eigenvalue weighted by Gasteiger charge is -2.29. The number of nitrogens with zero attached hydrogens (tertiary/aromatic N) is 4. The summed E-state index contributed by atoms with van der Waals surface area (Å²) in [7, 11) is 0. The lowest BCUT2D eigenvalue weighted by molar-refractivity contribution is 0.206. The summed E-state index contributed by atoms with van der Waals surface area (Å²) >= 11 is 0. The molecule has 3 N–H and O–H groups in total. The number of halogens is 1. The Morgan fingerprint density at radius 2 is 2.08 bits per heavy atom. The monoisotopic (exact) mass is 354 g/mol. The van der Waals surface area contributed by atoms with Crippen LogP contribution in [0.25, 0.3) is 5.52 Å². The number of nitrogens with one attached hydrogen (secondary N) is 1. The number of hydrogen-bond acceptors (Lipinski definition) is 5. The SMILES string of the molecule is Cc1ccc(Nc2ncnn3ccc(CN4CCC(N)CC4)c23)cc1F. The van der Waals surface area contributed by atoms with E-state index in [0.29, 0.717) is 23.1 Å². The Bertz CT molecular complexity index is 914. The molecule has 1 aliphatic heterocycles. The van der Waals surface area contributed by atoms with Crippen LogP contribution >= 0.6 is 0 Å². The second-order valence-electron chi connectivity index (χ2n) is 6.95. The average molecular weight is 354 g/mol. The van der Waals surface area contributed by atoms with Gasteiger partial charge in [0.05, 0.1) is 0 Å². The highest BCUT2D eigenvalue weighted by molar-refractivity contribution is 5.76. The van der Waals surface area contributed by atoms with Crippen molar-refractivity contribution in [3.63, 3.8) is 0 Å². The van der Waals surface area contributed by atoms with Crippen molar-refractivity contribution >= 4 is 17.0 Å². The molecule has 0 bridgehead atoms. The number of aromatic nitrogens is 3. The van der Waals surface area contributed by atoms with Crippen LogP contribution in [0.3, 0.4) is 0 Å². The van der Waals surface area contributed by atoms with Crippen molar-refractivity contribution in [3.8, 4) is 0 Å². The molecule has 0 unspecified atom stereocenters. The van der Waals surface area contributed by atoms with Crippen molar-refractivity contribution in [2.75, 3.05) is 18.4 Å². The third-order valence-electron chi connectivity index (χ3n) is 5.00. The molecule has 3 heterocycles. The smallest absolute Gasteiger partial charge is 0.158 e. The van der Waals surface area contributed by atoms with Gasteiger partial charge in [-0.05, 0) is 62.2 Å². The third kappa shape index (κ3) is 3.40. The molecule has 4 rings (SSSR count). The van der Waals surface area contributed by atoms with Gasteiger partial charge in [0, 0.05) is 24.5 Å². The molecule has 0 atom stereocenters. The topological polar surface area (TPSA) is 71.5 Å². The van der Waals surface area contributed by atoms with Gasteiger partial charge >= 0.3 is 0 Å². The van der Waals surface area contributed by atoms with E-state index in [1.807, 2.05) is 16.8 Å². The minimum atomic E-state index is -0.236. The normalized spacial score (nSPS) is 16.3. The fraction of sp³-hybridized carbons (Fsp3) is 0.368. The quantitative estimate of drug-likeness (QED) is 0.754. The van der Waals surface area contributed by atoms with Gasteiger partial charge in [-0.15, -0.1) is 0 Å². The van der Waals surface area contributed by atoms with E-state index in [9.17, 15) is 4.39 Å². The third-order valence-corrected chi connectivity index (χ3v) is 5.00. The highest BCUT2D eigenvalue weighted by atomic mass is 19.1. The molecule has 1 fully saturated rings. The number of piperidine rings is 1. The van der Waals surface area contributed by atoms with Crippen LogP contribution in [-0.2, 0) is 6.54 Å². The largest absolute Gasteiger partial charge is 0.338 e. The number of nitrogens with two attached hydrogens (primary N) is 1. The summed E-state index contributed by atoms with van der Waals surface area (Å²) in [5.41, 5.74) is 9.36. The Morgan fingerprint density at radius 3 is 2.85 bits per heavy atom. The zero-order chi connectivity index (χ0) is 18.1. The highest BCUT2D eigenvalue weighted by Gasteiger charge is 2.18. The van der Waals surface area contributed by atoms with Crippen LogP contribution in [0.4, 0.5) is 15.9 Å². The van der Waals surface area contributed by atoms with Gasteiger partial charge in [0.1, 0.15) is 17.7 Å². The van der Waals surface area contributed by atoms with Crippen molar-refractivity contribution in [1.29, 1.82) is 0 Å². The number of benzene rings is 1. The first-order chi connectivity index (χ1) is 12.6. The molecule has 2 aromatic heterocycles. The molecule has 7 heteroatoms. The van der Waals surface area contributed by atoms with Gasteiger partial charge in [-0.2, -0.15) is 5.10 Å². The zero-order valence-electron chi connectivity index (χ0n) is 14.8. The summed E-state index contributed by atoms with van der Waals surface area (Å²) in [6.07, 6.45) is 5.48. The van der Waals surface area contributed by atoms with E-state index in [0.717, 1.165) is 43.6 Å². The number of rotatable bonds is 4. The molecule has 1 aromatic carbocycles. The van der Waals surface area contributed by atoms with Crippen LogP contribution in [0, 0.1) is 12.7 Å². The van der Waals surface area contributed by atoms with Crippen molar-refractivity contribution < 1.29 is 4.39 Å². The first-order valence-electron chi connectivity index (χ1n) is 8.92. The van der Waals surface area contributed by atoms with Gasteiger partial charge in [0.2, 0.25) is 0 Å². The molecule has 0 spiro atoms. The lowest BCUT2D eigenvalue weighted by atomic mass is 10.1. The van der Waals surface area contributed by atoms with Gasteiger partial charge in [-0.3, -0.25) is 4.90 Å². The Balaban J connectivity index is 1.62. The molecule has 1 aliphatic rings. The van der Waals surface area contributed by atoms with Crippen molar-refractivity contribution in [2.24, 2.45) is 5.73 Å². The summed E-state index contributed by atoms with van der Waals surface area (Å²) in [5.74, 6) is 0.442. The summed E-state index contributed by atoms with van der Waals surface area (Å²) in [6, 6.07) is 7.48. The molecule has 0 radical (unpaired) electrons. The molecule has 3 aromatic rings. The average Bonchev–Trinajstić information content (AvgIpc) is 3.04. The Morgan fingerprint density at radius 1 is 1.27 bits per heavy atom. The van der Waals surface area contributed by atoms with Gasteiger partial charge in [0.15, 0.2) is 5.82 Å². The number of anilines is 2. The molecule has 136 valence electrons. The van der Waals surface area contributed by atoms with Crippen molar-refractivity contribution in [1.82, 2.24) is 19.5 Å². The molecule has 26 heavy (non-hydrogen) atoms. The van der Waals surface area contributed by atoms with E-state index in [1.165, 1.54) is 12.4 Å². The molecule has 0 saturated carbocycles. The maximum Gasteiger partial charge on any atom is 0.158 e. The van der Waals surface area contributed by atoms with Gasteiger partial charge in [0.25, 0.3) is 0 Å². The Labute approximate surface area is 151 Å². The molecule has 6 nitrogen and oxygen atoms in total. The van der Waals surface area contributed by atoms with Gasteiger partial charge < -0.3 is 11.1 Å². The zero-order valence-corrected chi connectivity index (χ0v) is 14.8. The summed E-state index contributed by atoms with van der Waals surface area (Å²) in [6.45, 7) is 4.57. The number of fused-ring (bicyclic) bond motifs is 1. The van der Waals surface area contributed by atoms with E-state index in [2.05, 4.69) is 26.4 Å². The minimum Gasteiger partial charge on any atom is -0.338 e. The van der Waals surface area contributed by atoms with E-state index in [1.54, 1.807) is 13.0 Å². The first-order valence-corrected chi connectivity index (χ1v) is 8.92. The van der Waals surface area contributed by atoms with E-state index in [4.69, 9.17) is 5.73 Å². The predicted octanol–water partition coefficient (Wildman–Crippen LogP) is 2.84. The number of aryl methyl sites for hydroxylation is 1. The van der Waals surface area contributed by atoms with Gasteiger partial charge in [-0.1, -0.05) is 6.07 Å². The number of likely N-dealkylation sites (tertiary alicyclic amines) is 1. The summed E-state index contributed by atoms with van der Waals surface area (Å²) < 4.78 is 15.7. The Kier molecular flexibility index (Phi) is 4.57. The van der Waals surface area contributed by atoms with Crippen LogP contribution in [-0.4, -0.2) is 38.6 Å². The van der Waals surface area contributed by atoms with Crippen molar-refractivity contribution in [2.45, 2.75) is 32.4 Å². The number of hydrogen-bond donors (Lipinski definition) is 2. The molecule has 0 aliphatic carbocycles. The van der Waals surface area contributed by atoms with E-state index >= 15 is 0 Å². The molecule has 1 saturated heterocycles. The van der Waals surface area contributed by atoms with Crippen molar-refractivity contribution in [3.05, 3.63) is 53.7 Å². The fourth-order valence-corrected chi connectivity index (χ4v) is 3.40. The van der Waals surface area contributed by atoms with E-state index < -0.39 is 0 Å². The second-order valence-corrected chi connectivity index (χ2v) is 6.95. The minimum absolute atomic E-state index is 0.236. The summed E-state index contributed by atoms with van der Waals surface area (Å²) in [5, 5.41) is 7.53. The summed E-state index contributed by atoms with van der Waals surface area (Å²) in [4.78, 5) is 6.79.